The molecule has 1 aromatic carbocycles. The molecule has 0 atom stereocenters. The van der Waals surface area contributed by atoms with Crippen molar-refractivity contribution >= 4 is 28.5 Å². The molecular formula is C15H20INO2. The quantitative estimate of drug-likeness (QED) is 0.822. The molecule has 1 amide bonds. The third-order valence-electron chi connectivity index (χ3n) is 3.80. The lowest BCUT2D eigenvalue weighted by molar-refractivity contribution is 0.0760. The van der Waals surface area contributed by atoms with E-state index in [0.29, 0.717) is 11.5 Å². The van der Waals surface area contributed by atoms with Crippen molar-refractivity contribution < 1.29 is 9.90 Å². The summed E-state index contributed by atoms with van der Waals surface area (Å²) < 4.78 is 0.768. The lowest BCUT2D eigenvalue weighted by atomic mass is 9.89. The second-order valence-corrected chi connectivity index (χ2v) is 6.52. The summed E-state index contributed by atoms with van der Waals surface area (Å²) in [5.74, 6) is 0.815. The van der Waals surface area contributed by atoms with Crippen molar-refractivity contribution in [2.75, 3.05) is 13.6 Å². The summed E-state index contributed by atoms with van der Waals surface area (Å²) in [6, 6.07) is 5.11. The molecule has 104 valence electrons. The van der Waals surface area contributed by atoms with Crippen LogP contribution in [0.25, 0.3) is 0 Å². The first-order valence-corrected chi connectivity index (χ1v) is 7.90. The smallest absolute Gasteiger partial charge is 0.253 e. The molecule has 0 heterocycles. The number of aromatic hydroxyl groups is 1. The lowest BCUT2D eigenvalue weighted by Crippen LogP contribution is -2.32. The fourth-order valence-corrected chi connectivity index (χ4v) is 3.04. The second kappa shape index (κ2) is 6.59. The van der Waals surface area contributed by atoms with Gasteiger partial charge in [0.2, 0.25) is 0 Å². The SMILES string of the molecule is CN(CC1CCCCC1)C(=O)c1ccc(I)c(O)c1. The lowest BCUT2D eigenvalue weighted by Gasteiger charge is -2.27. The maximum Gasteiger partial charge on any atom is 0.253 e. The molecule has 19 heavy (non-hydrogen) atoms. The molecule has 4 heteroatoms. The number of carbonyl (C=O) groups excluding carboxylic acids is 1. The maximum absolute atomic E-state index is 12.3. The predicted molar refractivity (Wildman–Crippen MR) is 84.4 cm³/mol. The Morgan fingerprint density at radius 2 is 2.05 bits per heavy atom. The minimum absolute atomic E-state index is 0.00252. The van der Waals surface area contributed by atoms with Gasteiger partial charge in [0.05, 0.1) is 3.57 Å². The molecule has 1 aliphatic rings. The van der Waals surface area contributed by atoms with Crippen molar-refractivity contribution in [3.8, 4) is 5.75 Å². The second-order valence-electron chi connectivity index (χ2n) is 5.36. The van der Waals surface area contributed by atoms with Gasteiger partial charge in [0.25, 0.3) is 5.91 Å². The molecule has 0 spiro atoms. The molecule has 0 saturated heterocycles. The molecular weight excluding hydrogens is 353 g/mol. The minimum atomic E-state index is -0.00252. The Morgan fingerprint density at radius 3 is 2.68 bits per heavy atom. The van der Waals surface area contributed by atoms with Gasteiger partial charge in [-0.25, -0.2) is 0 Å². The number of nitrogens with zero attached hydrogens (tertiary/aromatic N) is 1. The molecule has 2 rings (SSSR count). The zero-order valence-electron chi connectivity index (χ0n) is 11.2. The number of phenolic OH excluding ortho intramolecular Hbond substituents is 1. The van der Waals surface area contributed by atoms with Crippen LogP contribution in [0, 0.1) is 9.49 Å². The Bertz CT molecular complexity index is 455. The van der Waals surface area contributed by atoms with Crippen molar-refractivity contribution in [3.63, 3.8) is 0 Å². The average molecular weight is 373 g/mol. The van der Waals surface area contributed by atoms with Gasteiger partial charge >= 0.3 is 0 Å². The van der Waals surface area contributed by atoms with Gasteiger partial charge in [0, 0.05) is 19.2 Å². The van der Waals surface area contributed by atoms with Crippen LogP contribution < -0.4 is 0 Å². The number of phenols is 1. The van der Waals surface area contributed by atoms with Gasteiger partial charge in [-0.3, -0.25) is 4.79 Å². The summed E-state index contributed by atoms with van der Waals surface area (Å²) in [4.78, 5) is 14.1. The van der Waals surface area contributed by atoms with Crippen molar-refractivity contribution in [2.24, 2.45) is 5.92 Å². The van der Waals surface area contributed by atoms with Gasteiger partial charge in [-0.15, -0.1) is 0 Å². The van der Waals surface area contributed by atoms with Crippen molar-refractivity contribution in [3.05, 3.63) is 27.3 Å². The molecule has 3 nitrogen and oxygen atoms in total. The highest BCUT2D eigenvalue weighted by molar-refractivity contribution is 14.1. The van der Waals surface area contributed by atoms with Crippen LogP contribution in [0.4, 0.5) is 0 Å². The van der Waals surface area contributed by atoms with Gasteiger partial charge in [-0.05, 0) is 59.5 Å². The number of hydrogen-bond donors (Lipinski definition) is 1. The summed E-state index contributed by atoms with van der Waals surface area (Å²) in [6.07, 6.45) is 6.37. The van der Waals surface area contributed by atoms with E-state index in [4.69, 9.17) is 0 Å². The van der Waals surface area contributed by atoms with Gasteiger partial charge in [0.1, 0.15) is 5.75 Å². The molecule has 0 unspecified atom stereocenters. The fraction of sp³-hybridized carbons (Fsp3) is 0.533. The summed E-state index contributed by atoms with van der Waals surface area (Å²) in [5.41, 5.74) is 0.566. The monoisotopic (exact) mass is 373 g/mol. The first kappa shape index (κ1) is 14.6. The van der Waals surface area contributed by atoms with Crippen LogP contribution in [-0.2, 0) is 0 Å². The predicted octanol–water partition coefficient (Wildman–Crippen LogP) is 3.65. The molecule has 0 aromatic heterocycles. The van der Waals surface area contributed by atoms with Gasteiger partial charge in [-0.1, -0.05) is 19.3 Å². The molecule has 1 fully saturated rings. The zero-order valence-corrected chi connectivity index (χ0v) is 13.4. The van der Waals surface area contributed by atoms with Crippen molar-refractivity contribution in [2.45, 2.75) is 32.1 Å². The van der Waals surface area contributed by atoms with Gasteiger partial charge in [0.15, 0.2) is 0 Å². The van der Waals surface area contributed by atoms with E-state index in [1.54, 1.807) is 23.1 Å². The number of hydrogen-bond acceptors (Lipinski definition) is 2. The van der Waals surface area contributed by atoms with Crippen molar-refractivity contribution in [1.29, 1.82) is 0 Å². The molecule has 0 radical (unpaired) electrons. The van der Waals surface area contributed by atoms with Crippen LogP contribution in [0.5, 0.6) is 5.75 Å². The topological polar surface area (TPSA) is 40.5 Å². The van der Waals surface area contributed by atoms with Crippen LogP contribution in [0.3, 0.4) is 0 Å². The third kappa shape index (κ3) is 3.84. The van der Waals surface area contributed by atoms with E-state index >= 15 is 0 Å². The summed E-state index contributed by atoms with van der Waals surface area (Å²) in [6.45, 7) is 0.825. The fourth-order valence-electron chi connectivity index (χ4n) is 2.71. The molecule has 1 aromatic rings. The van der Waals surface area contributed by atoms with Crippen LogP contribution in [0.15, 0.2) is 18.2 Å². The highest BCUT2D eigenvalue weighted by Gasteiger charge is 2.19. The maximum atomic E-state index is 12.3. The average Bonchev–Trinajstić information content (AvgIpc) is 2.42. The first-order valence-electron chi connectivity index (χ1n) is 6.82. The number of halogens is 1. The van der Waals surface area contributed by atoms with Crippen LogP contribution in [0.2, 0.25) is 0 Å². The normalized spacial score (nSPS) is 16.3. The summed E-state index contributed by atoms with van der Waals surface area (Å²) in [7, 11) is 1.85. The highest BCUT2D eigenvalue weighted by atomic mass is 127. The van der Waals surface area contributed by atoms with Gasteiger partial charge < -0.3 is 10.0 Å². The van der Waals surface area contributed by atoms with Crippen molar-refractivity contribution in [1.82, 2.24) is 4.90 Å². The highest BCUT2D eigenvalue weighted by Crippen LogP contribution is 2.25. The van der Waals surface area contributed by atoms with E-state index in [-0.39, 0.29) is 11.7 Å². The van der Waals surface area contributed by atoms with Crippen LogP contribution in [-0.4, -0.2) is 29.5 Å². The van der Waals surface area contributed by atoms with Crippen LogP contribution in [0.1, 0.15) is 42.5 Å². The molecule has 1 aliphatic carbocycles. The number of amides is 1. The number of rotatable bonds is 3. The zero-order chi connectivity index (χ0) is 13.8. The Labute approximate surface area is 128 Å². The molecule has 0 bridgehead atoms. The standard InChI is InChI=1S/C15H20INO2/c1-17(10-11-5-3-2-4-6-11)15(19)12-7-8-13(16)14(18)9-12/h7-9,11,18H,2-6,10H2,1H3. The Balaban J connectivity index is 1.99. The molecule has 1 N–H and O–H groups in total. The number of benzene rings is 1. The van der Waals surface area contributed by atoms with E-state index < -0.39 is 0 Å². The third-order valence-corrected chi connectivity index (χ3v) is 4.71. The van der Waals surface area contributed by atoms with Crippen LogP contribution >= 0.6 is 22.6 Å². The Morgan fingerprint density at radius 1 is 1.37 bits per heavy atom. The molecule has 1 saturated carbocycles. The Hall–Kier alpha value is -0.780. The number of carbonyl (C=O) groups is 1. The van der Waals surface area contributed by atoms with E-state index in [1.807, 2.05) is 7.05 Å². The summed E-state index contributed by atoms with van der Waals surface area (Å²) in [5, 5.41) is 9.67. The van der Waals surface area contributed by atoms with E-state index in [0.717, 1.165) is 10.1 Å². The van der Waals surface area contributed by atoms with E-state index in [1.165, 1.54) is 32.1 Å². The van der Waals surface area contributed by atoms with E-state index in [9.17, 15) is 9.90 Å². The largest absolute Gasteiger partial charge is 0.507 e. The molecule has 0 aliphatic heterocycles. The summed E-state index contributed by atoms with van der Waals surface area (Å²) >= 11 is 2.05. The first-order chi connectivity index (χ1) is 9.08. The minimum Gasteiger partial charge on any atom is -0.507 e. The van der Waals surface area contributed by atoms with E-state index in [2.05, 4.69) is 22.6 Å². The van der Waals surface area contributed by atoms with Gasteiger partial charge in [-0.2, -0.15) is 0 Å². The Kier molecular flexibility index (Phi) is 5.07.